The lowest BCUT2D eigenvalue weighted by Crippen LogP contribution is -2.18. The van der Waals surface area contributed by atoms with Gasteiger partial charge in [0.15, 0.2) is 11.0 Å². The predicted octanol–water partition coefficient (Wildman–Crippen LogP) is 4.18. The molecule has 9 nitrogen and oxygen atoms in total. The molecule has 0 atom stereocenters. The zero-order chi connectivity index (χ0) is 23.3. The fourth-order valence-corrected chi connectivity index (χ4v) is 3.46. The highest BCUT2D eigenvalue weighted by Gasteiger charge is 2.35. The van der Waals surface area contributed by atoms with Crippen molar-refractivity contribution in [3.63, 3.8) is 0 Å². The number of allylic oxidation sites excluding steroid dienone is 1. The van der Waals surface area contributed by atoms with Gasteiger partial charge >= 0.3 is 6.18 Å². The van der Waals surface area contributed by atoms with Gasteiger partial charge in [0.25, 0.3) is 5.69 Å². The van der Waals surface area contributed by atoms with Gasteiger partial charge in [-0.05, 0) is 18.2 Å². The van der Waals surface area contributed by atoms with Crippen molar-refractivity contribution in [1.82, 2.24) is 19.7 Å². The molecule has 0 fully saturated rings. The van der Waals surface area contributed by atoms with Gasteiger partial charge in [-0.15, -0.1) is 16.8 Å². The molecule has 3 rings (SSSR count). The smallest absolute Gasteiger partial charge is 0.325 e. The molecular formula is C19H15F3N6O3S. The van der Waals surface area contributed by atoms with Crippen molar-refractivity contribution in [1.29, 1.82) is 0 Å². The molecule has 0 bridgehead atoms. The van der Waals surface area contributed by atoms with Crippen LogP contribution in [0, 0.1) is 10.1 Å². The van der Waals surface area contributed by atoms with E-state index in [1.54, 1.807) is 35.2 Å². The topological polar surface area (TPSA) is 116 Å². The Balaban J connectivity index is 1.77. The number of anilines is 1. The fourth-order valence-electron chi connectivity index (χ4n) is 2.71. The zero-order valence-corrected chi connectivity index (χ0v) is 17.1. The van der Waals surface area contributed by atoms with E-state index >= 15 is 0 Å². The van der Waals surface area contributed by atoms with Crippen LogP contribution in [0.25, 0.3) is 11.4 Å². The summed E-state index contributed by atoms with van der Waals surface area (Å²) in [6.45, 7) is 4.03. The van der Waals surface area contributed by atoms with Crippen LogP contribution in [0.5, 0.6) is 0 Å². The number of carbonyl (C=O) groups is 1. The number of hydrogen-bond acceptors (Lipinski definition) is 7. The maximum atomic E-state index is 13.3. The van der Waals surface area contributed by atoms with Crippen LogP contribution in [0.1, 0.15) is 5.56 Å². The molecule has 0 saturated heterocycles. The van der Waals surface area contributed by atoms with E-state index < -0.39 is 33.9 Å². The Labute approximate surface area is 183 Å². The minimum atomic E-state index is -4.88. The van der Waals surface area contributed by atoms with E-state index in [0.29, 0.717) is 23.6 Å². The van der Waals surface area contributed by atoms with Crippen LogP contribution in [0.2, 0.25) is 0 Å². The molecule has 1 amide bonds. The number of nitro groups is 1. The summed E-state index contributed by atoms with van der Waals surface area (Å²) in [5.41, 5.74) is -1.87. The SMILES string of the molecule is C=CCn1c(SCC(=O)Nc2ccc([N+](=O)[O-])cc2C(F)(F)F)nnc1-c1ccncc1. The van der Waals surface area contributed by atoms with E-state index in [-0.39, 0.29) is 5.75 Å². The largest absolute Gasteiger partial charge is 0.418 e. The number of nitrogens with one attached hydrogen (secondary N) is 1. The fraction of sp³-hybridized carbons (Fsp3) is 0.158. The Morgan fingerprint density at radius 1 is 1.25 bits per heavy atom. The Bertz CT molecular complexity index is 1150. The van der Waals surface area contributed by atoms with Crippen LogP contribution in [-0.4, -0.2) is 36.3 Å². The molecule has 0 spiro atoms. The summed E-state index contributed by atoms with van der Waals surface area (Å²) in [5, 5.41) is 21.5. The van der Waals surface area contributed by atoms with Gasteiger partial charge in [0.05, 0.1) is 21.9 Å². The Kier molecular flexibility index (Phi) is 6.88. The van der Waals surface area contributed by atoms with Gasteiger partial charge in [-0.25, -0.2) is 0 Å². The Hall–Kier alpha value is -3.74. The molecule has 0 aliphatic rings. The second kappa shape index (κ2) is 9.60. The highest BCUT2D eigenvalue weighted by Crippen LogP contribution is 2.37. The summed E-state index contributed by atoms with van der Waals surface area (Å²) in [6.07, 6.45) is -0.0913. The number of hydrogen-bond donors (Lipinski definition) is 1. The molecule has 0 saturated carbocycles. The van der Waals surface area contributed by atoms with Crippen LogP contribution in [0.4, 0.5) is 24.5 Å². The molecule has 13 heteroatoms. The predicted molar refractivity (Wildman–Crippen MR) is 111 cm³/mol. The number of nitrogens with zero attached hydrogens (tertiary/aromatic N) is 5. The second-order valence-corrected chi connectivity index (χ2v) is 7.21. The van der Waals surface area contributed by atoms with Crippen molar-refractivity contribution < 1.29 is 22.9 Å². The van der Waals surface area contributed by atoms with Crippen LogP contribution in [-0.2, 0) is 17.5 Å². The third-order valence-corrected chi connectivity index (χ3v) is 5.06. The molecule has 0 radical (unpaired) electrons. The summed E-state index contributed by atoms with van der Waals surface area (Å²) in [5.74, 6) is -0.488. The molecule has 0 aliphatic carbocycles. The van der Waals surface area contributed by atoms with E-state index in [1.807, 2.05) is 0 Å². The summed E-state index contributed by atoms with van der Waals surface area (Å²) in [7, 11) is 0. The average molecular weight is 464 g/mol. The van der Waals surface area contributed by atoms with E-state index in [2.05, 4.69) is 27.1 Å². The number of nitro benzene ring substituents is 1. The van der Waals surface area contributed by atoms with Crippen molar-refractivity contribution >= 4 is 29.0 Å². The molecule has 1 aromatic carbocycles. The van der Waals surface area contributed by atoms with Gasteiger partial charge in [0, 0.05) is 36.6 Å². The van der Waals surface area contributed by atoms with E-state index in [9.17, 15) is 28.1 Å². The summed E-state index contributed by atoms with van der Waals surface area (Å²) in [6, 6.07) is 5.59. The molecule has 32 heavy (non-hydrogen) atoms. The van der Waals surface area contributed by atoms with Gasteiger partial charge in [-0.1, -0.05) is 17.8 Å². The minimum Gasteiger partial charge on any atom is -0.325 e. The number of halogens is 3. The highest BCUT2D eigenvalue weighted by atomic mass is 32.2. The second-order valence-electron chi connectivity index (χ2n) is 6.26. The summed E-state index contributed by atoms with van der Waals surface area (Å²) < 4.78 is 41.5. The molecule has 0 unspecified atom stereocenters. The molecule has 3 aromatic rings. The van der Waals surface area contributed by atoms with Crippen molar-refractivity contribution in [3.05, 3.63) is 71.1 Å². The van der Waals surface area contributed by atoms with Crippen molar-refractivity contribution in [3.8, 4) is 11.4 Å². The van der Waals surface area contributed by atoms with Gasteiger partial charge in [0.2, 0.25) is 5.91 Å². The maximum Gasteiger partial charge on any atom is 0.418 e. The molecule has 2 aromatic heterocycles. The molecular weight excluding hydrogens is 449 g/mol. The maximum absolute atomic E-state index is 13.3. The van der Waals surface area contributed by atoms with E-state index in [1.165, 1.54) is 0 Å². The number of non-ortho nitro benzene ring substituents is 1. The average Bonchev–Trinajstić information content (AvgIpc) is 3.15. The number of amides is 1. The number of pyridine rings is 1. The van der Waals surface area contributed by atoms with Crippen LogP contribution >= 0.6 is 11.8 Å². The molecule has 166 valence electrons. The zero-order valence-electron chi connectivity index (χ0n) is 16.2. The standard InChI is InChI=1S/C19H15F3N6O3S/c1-2-9-27-17(12-5-7-23-8-6-12)25-26-18(27)32-11-16(29)24-15-4-3-13(28(30)31)10-14(15)19(20,21)22/h2-8,10H,1,9,11H2,(H,24,29). The number of aromatic nitrogens is 4. The lowest BCUT2D eigenvalue weighted by atomic mass is 10.1. The Morgan fingerprint density at radius 2 is 1.97 bits per heavy atom. The Morgan fingerprint density at radius 3 is 2.59 bits per heavy atom. The number of benzene rings is 1. The first kappa shape index (κ1) is 22.9. The normalized spacial score (nSPS) is 11.2. The monoisotopic (exact) mass is 464 g/mol. The van der Waals surface area contributed by atoms with Gasteiger partial charge in [-0.2, -0.15) is 13.2 Å². The molecule has 0 aliphatic heterocycles. The van der Waals surface area contributed by atoms with Crippen molar-refractivity contribution in [2.24, 2.45) is 0 Å². The lowest BCUT2D eigenvalue weighted by molar-refractivity contribution is -0.385. The first-order chi connectivity index (χ1) is 15.2. The highest BCUT2D eigenvalue weighted by molar-refractivity contribution is 7.99. The van der Waals surface area contributed by atoms with Gasteiger partial charge in [0.1, 0.15) is 0 Å². The molecule has 1 N–H and O–H groups in total. The van der Waals surface area contributed by atoms with Crippen LogP contribution in [0.15, 0.2) is 60.5 Å². The van der Waals surface area contributed by atoms with Crippen molar-refractivity contribution in [2.75, 3.05) is 11.1 Å². The van der Waals surface area contributed by atoms with E-state index in [0.717, 1.165) is 29.5 Å². The molecule has 2 heterocycles. The quantitative estimate of drug-likeness (QED) is 0.230. The summed E-state index contributed by atoms with van der Waals surface area (Å²) in [4.78, 5) is 26.1. The van der Waals surface area contributed by atoms with Crippen LogP contribution < -0.4 is 5.32 Å². The number of alkyl halides is 3. The lowest BCUT2D eigenvalue weighted by Gasteiger charge is -2.13. The third-order valence-electron chi connectivity index (χ3n) is 4.09. The van der Waals surface area contributed by atoms with Crippen LogP contribution in [0.3, 0.4) is 0 Å². The summed E-state index contributed by atoms with van der Waals surface area (Å²) >= 11 is 0.976. The van der Waals surface area contributed by atoms with Gasteiger partial charge < -0.3 is 5.32 Å². The third kappa shape index (κ3) is 5.29. The number of carbonyl (C=O) groups excluding carboxylic acids is 1. The van der Waals surface area contributed by atoms with Gasteiger partial charge in [-0.3, -0.25) is 24.5 Å². The number of thioether (sulfide) groups is 1. The first-order valence-electron chi connectivity index (χ1n) is 8.93. The van der Waals surface area contributed by atoms with E-state index in [4.69, 9.17) is 0 Å². The first-order valence-corrected chi connectivity index (χ1v) is 9.92. The van der Waals surface area contributed by atoms with Crippen molar-refractivity contribution in [2.45, 2.75) is 17.9 Å². The number of rotatable bonds is 8. The minimum absolute atomic E-state index is 0.264.